The SMILES string of the molecule is O=C(CSc1ccc(NC(=O)/C(=C/c2c(F)cccc2Cl)NC(=O)c2ccccc2)cc1)Nc1ccc(Oc2ccccc2)cc1. The average molecular weight is 652 g/mol. The van der Waals surface area contributed by atoms with Gasteiger partial charge in [-0.1, -0.05) is 54.1 Å². The van der Waals surface area contributed by atoms with Gasteiger partial charge in [-0.25, -0.2) is 4.39 Å². The highest BCUT2D eigenvalue weighted by atomic mass is 35.5. The van der Waals surface area contributed by atoms with Gasteiger partial charge >= 0.3 is 0 Å². The van der Waals surface area contributed by atoms with Gasteiger partial charge in [0.25, 0.3) is 11.8 Å². The van der Waals surface area contributed by atoms with Crippen LogP contribution in [0.3, 0.4) is 0 Å². The third-order valence-electron chi connectivity index (χ3n) is 6.42. The fourth-order valence-corrected chi connectivity index (χ4v) is 5.06. The number of rotatable bonds is 11. The summed E-state index contributed by atoms with van der Waals surface area (Å²) in [6.45, 7) is 0. The Labute approximate surface area is 274 Å². The van der Waals surface area contributed by atoms with E-state index in [1.54, 1.807) is 78.9 Å². The number of hydrogen-bond acceptors (Lipinski definition) is 5. The first-order valence-electron chi connectivity index (χ1n) is 14.0. The first-order chi connectivity index (χ1) is 22.3. The number of carbonyl (C=O) groups is 3. The van der Waals surface area contributed by atoms with Crippen molar-refractivity contribution in [2.45, 2.75) is 4.90 Å². The Morgan fingerprint density at radius 2 is 1.33 bits per heavy atom. The van der Waals surface area contributed by atoms with E-state index in [0.29, 0.717) is 22.7 Å². The Hall–Kier alpha value is -5.38. The van der Waals surface area contributed by atoms with Crippen molar-refractivity contribution in [3.8, 4) is 11.5 Å². The van der Waals surface area contributed by atoms with Crippen molar-refractivity contribution < 1.29 is 23.5 Å². The molecule has 230 valence electrons. The van der Waals surface area contributed by atoms with Gasteiger partial charge in [-0.2, -0.15) is 0 Å². The summed E-state index contributed by atoms with van der Waals surface area (Å²) in [6.07, 6.45) is 1.19. The zero-order valence-electron chi connectivity index (χ0n) is 24.2. The highest BCUT2D eigenvalue weighted by Gasteiger charge is 2.17. The highest BCUT2D eigenvalue weighted by molar-refractivity contribution is 8.00. The molecule has 5 rings (SSSR count). The van der Waals surface area contributed by atoms with E-state index in [1.165, 1.54) is 36.0 Å². The van der Waals surface area contributed by atoms with Gasteiger partial charge in [0, 0.05) is 27.4 Å². The zero-order chi connectivity index (χ0) is 32.3. The largest absolute Gasteiger partial charge is 0.457 e. The molecule has 0 atom stereocenters. The quantitative estimate of drug-likeness (QED) is 0.0984. The number of halogens is 2. The lowest BCUT2D eigenvalue weighted by molar-refractivity contribution is -0.114. The molecule has 0 radical (unpaired) electrons. The Kier molecular flexibility index (Phi) is 10.8. The molecular weight excluding hydrogens is 625 g/mol. The lowest BCUT2D eigenvalue weighted by atomic mass is 10.1. The Morgan fingerprint density at radius 1 is 0.717 bits per heavy atom. The van der Waals surface area contributed by atoms with Crippen LogP contribution >= 0.6 is 23.4 Å². The molecule has 0 heterocycles. The van der Waals surface area contributed by atoms with Crippen LogP contribution in [0.25, 0.3) is 6.08 Å². The zero-order valence-corrected chi connectivity index (χ0v) is 25.8. The maximum absolute atomic E-state index is 14.5. The third-order valence-corrected chi connectivity index (χ3v) is 7.76. The summed E-state index contributed by atoms with van der Waals surface area (Å²) in [5.41, 5.74) is 1.15. The Bertz CT molecular complexity index is 1830. The van der Waals surface area contributed by atoms with Gasteiger partial charge in [0.1, 0.15) is 23.0 Å². The minimum absolute atomic E-state index is 0.0378. The van der Waals surface area contributed by atoms with E-state index in [2.05, 4.69) is 16.0 Å². The van der Waals surface area contributed by atoms with E-state index in [0.717, 1.165) is 10.6 Å². The van der Waals surface area contributed by atoms with Gasteiger partial charge in [-0.15, -0.1) is 11.8 Å². The maximum Gasteiger partial charge on any atom is 0.272 e. The summed E-state index contributed by atoms with van der Waals surface area (Å²) in [5.74, 6) is -0.514. The second kappa shape index (κ2) is 15.6. The van der Waals surface area contributed by atoms with E-state index < -0.39 is 17.6 Å². The molecule has 10 heteroatoms. The highest BCUT2D eigenvalue weighted by Crippen LogP contribution is 2.25. The van der Waals surface area contributed by atoms with Crippen LogP contribution in [0, 0.1) is 5.82 Å². The third kappa shape index (κ3) is 9.07. The standard InChI is InChI=1S/C36H27ClFN3O4S/c37-31-12-7-13-32(38)30(31)22-33(41-35(43)24-8-3-1-4-9-24)36(44)40-26-16-20-29(21-17-26)46-23-34(42)39-25-14-18-28(19-15-25)45-27-10-5-2-6-11-27/h1-22H,23H2,(H,39,42)(H,40,44)(H,41,43)/b33-22-. The number of nitrogens with one attached hydrogen (secondary N) is 3. The van der Waals surface area contributed by atoms with Crippen LogP contribution in [0.4, 0.5) is 15.8 Å². The normalized spacial score (nSPS) is 11.0. The van der Waals surface area contributed by atoms with Crippen molar-refractivity contribution in [1.29, 1.82) is 0 Å². The van der Waals surface area contributed by atoms with Crippen molar-refractivity contribution >= 4 is 58.5 Å². The summed E-state index contributed by atoms with van der Waals surface area (Å²) in [4.78, 5) is 39.4. The molecule has 3 N–H and O–H groups in total. The number of ether oxygens (including phenoxy) is 1. The first kappa shape index (κ1) is 32.0. The predicted molar refractivity (Wildman–Crippen MR) is 181 cm³/mol. The number of amides is 3. The second-order valence-electron chi connectivity index (χ2n) is 9.77. The monoisotopic (exact) mass is 651 g/mol. The van der Waals surface area contributed by atoms with Crippen molar-refractivity contribution in [2.75, 3.05) is 16.4 Å². The molecule has 5 aromatic rings. The molecule has 0 saturated carbocycles. The van der Waals surface area contributed by atoms with Crippen LogP contribution in [0.15, 0.2) is 138 Å². The number of hydrogen-bond donors (Lipinski definition) is 3. The number of para-hydroxylation sites is 1. The van der Waals surface area contributed by atoms with Crippen LogP contribution < -0.4 is 20.7 Å². The van der Waals surface area contributed by atoms with E-state index in [-0.39, 0.29) is 27.9 Å². The van der Waals surface area contributed by atoms with Crippen LogP contribution in [0.1, 0.15) is 15.9 Å². The van der Waals surface area contributed by atoms with Gasteiger partial charge in [0.15, 0.2) is 0 Å². The van der Waals surface area contributed by atoms with Crippen molar-refractivity contribution in [2.24, 2.45) is 0 Å². The molecule has 0 unspecified atom stereocenters. The summed E-state index contributed by atoms with van der Waals surface area (Å²) in [5, 5.41) is 8.22. The molecule has 7 nitrogen and oxygen atoms in total. The lowest BCUT2D eigenvalue weighted by Crippen LogP contribution is -2.30. The predicted octanol–water partition coefficient (Wildman–Crippen LogP) is 8.41. The molecule has 0 aliphatic carbocycles. The Morgan fingerprint density at radius 3 is 2.00 bits per heavy atom. The molecule has 0 saturated heterocycles. The van der Waals surface area contributed by atoms with Crippen LogP contribution in [0.5, 0.6) is 11.5 Å². The van der Waals surface area contributed by atoms with Gasteiger partial charge in [-0.05, 0) is 91.0 Å². The Balaban J connectivity index is 1.18. The fraction of sp³-hybridized carbons (Fsp3) is 0.0278. The second-order valence-corrected chi connectivity index (χ2v) is 11.2. The summed E-state index contributed by atoms with van der Waals surface area (Å²) in [6, 6.07) is 35.8. The molecule has 3 amide bonds. The van der Waals surface area contributed by atoms with Crippen LogP contribution in [0.2, 0.25) is 5.02 Å². The van der Waals surface area contributed by atoms with Gasteiger partial charge in [-0.3, -0.25) is 14.4 Å². The van der Waals surface area contributed by atoms with E-state index in [9.17, 15) is 18.8 Å². The first-order valence-corrected chi connectivity index (χ1v) is 15.4. The van der Waals surface area contributed by atoms with E-state index in [1.807, 2.05) is 30.3 Å². The maximum atomic E-state index is 14.5. The molecule has 5 aromatic carbocycles. The summed E-state index contributed by atoms with van der Waals surface area (Å²) >= 11 is 7.50. The summed E-state index contributed by atoms with van der Waals surface area (Å²) < 4.78 is 20.3. The topological polar surface area (TPSA) is 96.5 Å². The molecule has 0 spiro atoms. The van der Waals surface area contributed by atoms with Gasteiger partial charge < -0.3 is 20.7 Å². The molecule has 0 fully saturated rings. The van der Waals surface area contributed by atoms with E-state index >= 15 is 0 Å². The molecule has 0 aromatic heterocycles. The summed E-state index contributed by atoms with van der Waals surface area (Å²) in [7, 11) is 0. The van der Waals surface area contributed by atoms with Crippen molar-refractivity contribution in [3.63, 3.8) is 0 Å². The number of anilines is 2. The van der Waals surface area contributed by atoms with Crippen molar-refractivity contribution in [1.82, 2.24) is 5.32 Å². The van der Waals surface area contributed by atoms with Crippen LogP contribution in [-0.4, -0.2) is 23.5 Å². The molecule has 0 aliphatic rings. The lowest BCUT2D eigenvalue weighted by Gasteiger charge is -2.12. The van der Waals surface area contributed by atoms with E-state index in [4.69, 9.17) is 16.3 Å². The minimum Gasteiger partial charge on any atom is -0.457 e. The van der Waals surface area contributed by atoms with Crippen LogP contribution in [-0.2, 0) is 9.59 Å². The smallest absolute Gasteiger partial charge is 0.272 e. The minimum atomic E-state index is -0.677. The van der Waals surface area contributed by atoms with Gasteiger partial charge in [0.05, 0.1) is 10.8 Å². The average Bonchev–Trinajstić information content (AvgIpc) is 3.07. The molecular formula is C36H27ClFN3O4S. The number of benzene rings is 5. The van der Waals surface area contributed by atoms with Crippen molar-refractivity contribution in [3.05, 3.63) is 155 Å². The van der Waals surface area contributed by atoms with Gasteiger partial charge in [0.2, 0.25) is 5.91 Å². The number of carbonyl (C=O) groups excluding carboxylic acids is 3. The molecule has 0 bridgehead atoms. The fourth-order valence-electron chi connectivity index (χ4n) is 4.15. The molecule has 0 aliphatic heterocycles. The molecule has 46 heavy (non-hydrogen) atoms. The number of thioether (sulfide) groups is 1.